The van der Waals surface area contributed by atoms with Gasteiger partial charge in [0.05, 0.1) is 12.9 Å². The molecule has 0 aliphatic rings. The maximum Gasteiger partial charge on any atom is 0.236 e. The number of sulfonamides is 1. The van der Waals surface area contributed by atoms with Gasteiger partial charge < -0.3 is 4.74 Å². The number of hydrogen-bond donors (Lipinski definition) is 1. The van der Waals surface area contributed by atoms with Crippen molar-refractivity contribution < 1.29 is 17.5 Å². The smallest absolute Gasteiger partial charge is 0.236 e. The molecule has 0 aromatic heterocycles. The third-order valence-corrected chi connectivity index (χ3v) is 3.89. The molecule has 0 saturated carbocycles. The molecule has 0 radical (unpaired) electrons. The molecule has 0 unspecified atom stereocenters. The molecule has 2 aromatic rings. The molecular formula is C14H14FNO3S. The summed E-state index contributed by atoms with van der Waals surface area (Å²) in [6.45, 7) is 0. The number of hydrogen-bond acceptors (Lipinski definition) is 3. The second-order valence-electron chi connectivity index (χ2n) is 4.22. The van der Waals surface area contributed by atoms with Crippen LogP contribution in [-0.2, 0) is 15.8 Å². The first-order valence-corrected chi connectivity index (χ1v) is 7.53. The Kier molecular flexibility index (Phi) is 4.24. The van der Waals surface area contributed by atoms with E-state index in [0.29, 0.717) is 17.0 Å². The van der Waals surface area contributed by atoms with Gasteiger partial charge in [0.2, 0.25) is 10.0 Å². The summed E-state index contributed by atoms with van der Waals surface area (Å²) in [6.07, 6.45) is 0. The monoisotopic (exact) mass is 295 g/mol. The van der Waals surface area contributed by atoms with Crippen LogP contribution in [0.1, 0.15) is 5.56 Å². The second kappa shape index (κ2) is 5.92. The zero-order valence-electron chi connectivity index (χ0n) is 10.8. The Morgan fingerprint density at radius 3 is 2.20 bits per heavy atom. The quantitative estimate of drug-likeness (QED) is 0.923. The lowest BCUT2D eigenvalue weighted by atomic mass is 10.2. The van der Waals surface area contributed by atoms with E-state index in [9.17, 15) is 12.8 Å². The first kappa shape index (κ1) is 14.3. The van der Waals surface area contributed by atoms with Gasteiger partial charge in [0.25, 0.3) is 0 Å². The highest BCUT2D eigenvalue weighted by atomic mass is 32.2. The molecule has 1 N–H and O–H groups in total. The number of halogens is 1. The van der Waals surface area contributed by atoms with Crippen molar-refractivity contribution in [3.8, 4) is 5.75 Å². The molecule has 2 rings (SSSR count). The Labute approximate surface area is 117 Å². The molecule has 0 aliphatic heterocycles. The van der Waals surface area contributed by atoms with Crippen LogP contribution in [0.15, 0.2) is 48.5 Å². The van der Waals surface area contributed by atoms with Crippen molar-refractivity contribution in [3.05, 3.63) is 59.9 Å². The van der Waals surface area contributed by atoms with Crippen LogP contribution in [-0.4, -0.2) is 15.5 Å². The fraction of sp³-hybridized carbons (Fsp3) is 0.143. The van der Waals surface area contributed by atoms with E-state index in [0.717, 1.165) is 0 Å². The molecule has 0 heterocycles. The summed E-state index contributed by atoms with van der Waals surface area (Å²) in [5, 5.41) is 0. The third-order valence-electron chi connectivity index (χ3n) is 2.63. The van der Waals surface area contributed by atoms with Crippen molar-refractivity contribution in [1.29, 1.82) is 0 Å². The lowest BCUT2D eigenvalue weighted by Crippen LogP contribution is -2.15. The summed E-state index contributed by atoms with van der Waals surface area (Å²) in [6, 6.07) is 11.9. The summed E-state index contributed by atoms with van der Waals surface area (Å²) < 4.78 is 44.2. The van der Waals surface area contributed by atoms with E-state index >= 15 is 0 Å². The zero-order chi connectivity index (χ0) is 14.6. The van der Waals surface area contributed by atoms with E-state index < -0.39 is 15.8 Å². The van der Waals surface area contributed by atoms with Gasteiger partial charge in [0.1, 0.15) is 11.6 Å². The fourth-order valence-electron chi connectivity index (χ4n) is 1.67. The number of anilines is 1. The van der Waals surface area contributed by atoms with E-state index in [1.807, 2.05) is 0 Å². The molecule has 106 valence electrons. The third kappa shape index (κ3) is 3.96. The van der Waals surface area contributed by atoms with E-state index in [1.165, 1.54) is 31.4 Å². The normalized spacial score (nSPS) is 11.1. The molecule has 0 saturated heterocycles. The Morgan fingerprint density at radius 1 is 1.05 bits per heavy atom. The SMILES string of the molecule is COc1ccc(NS(=O)(=O)Cc2ccc(F)cc2)cc1. The minimum atomic E-state index is -3.53. The predicted molar refractivity (Wildman–Crippen MR) is 75.6 cm³/mol. The topological polar surface area (TPSA) is 55.4 Å². The van der Waals surface area contributed by atoms with Crippen LogP contribution in [0.5, 0.6) is 5.75 Å². The van der Waals surface area contributed by atoms with Crippen LogP contribution in [0.4, 0.5) is 10.1 Å². The van der Waals surface area contributed by atoms with Crippen molar-refractivity contribution in [3.63, 3.8) is 0 Å². The van der Waals surface area contributed by atoms with E-state index in [2.05, 4.69) is 4.72 Å². The predicted octanol–water partition coefficient (Wildman–Crippen LogP) is 2.78. The summed E-state index contributed by atoms with van der Waals surface area (Å²) in [4.78, 5) is 0. The highest BCUT2D eigenvalue weighted by molar-refractivity contribution is 7.91. The number of benzene rings is 2. The Hall–Kier alpha value is -2.08. The molecule has 0 fully saturated rings. The fourth-order valence-corrected chi connectivity index (χ4v) is 2.87. The summed E-state index contributed by atoms with van der Waals surface area (Å²) in [5.41, 5.74) is 0.973. The van der Waals surface area contributed by atoms with Crippen molar-refractivity contribution in [2.24, 2.45) is 0 Å². The first-order valence-electron chi connectivity index (χ1n) is 5.87. The number of methoxy groups -OCH3 is 1. The molecule has 20 heavy (non-hydrogen) atoms. The van der Waals surface area contributed by atoms with Crippen LogP contribution in [0, 0.1) is 5.82 Å². The van der Waals surface area contributed by atoms with Gasteiger partial charge in [-0.2, -0.15) is 0 Å². The average molecular weight is 295 g/mol. The minimum absolute atomic E-state index is 0.209. The van der Waals surface area contributed by atoms with Crippen molar-refractivity contribution >= 4 is 15.7 Å². The Balaban J connectivity index is 2.08. The zero-order valence-corrected chi connectivity index (χ0v) is 11.7. The van der Waals surface area contributed by atoms with E-state index in [1.54, 1.807) is 24.3 Å². The largest absolute Gasteiger partial charge is 0.497 e. The van der Waals surface area contributed by atoms with Gasteiger partial charge in [-0.1, -0.05) is 12.1 Å². The minimum Gasteiger partial charge on any atom is -0.497 e. The molecule has 0 amide bonds. The lowest BCUT2D eigenvalue weighted by molar-refractivity contribution is 0.415. The van der Waals surface area contributed by atoms with E-state index in [-0.39, 0.29) is 5.75 Å². The highest BCUT2D eigenvalue weighted by Crippen LogP contribution is 2.17. The molecule has 0 spiro atoms. The molecule has 0 bridgehead atoms. The van der Waals surface area contributed by atoms with Crippen LogP contribution < -0.4 is 9.46 Å². The van der Waals surface area contributed by atoms with E-state index in [4.69, 9.17) is 4.74 Å². The highest BCUT2D eigenvalue weighted by Gasteiger charge is 2.11. The molecule has 2 aromatic carbocycles. The number of ether oxygens (including phenoxy) is 1. The van der Waals surface area contributed by atoms with Crippen molar-refractivity contribution in [1.82, 2.24) is 0 Å². The first-order chi connectivity index (χ1) is 9.48. The van der Waals surface area contributed by atoms with Gasteiger partial charge in [-0.3, -0.25) is 4.72 Å². The molecular weight excluding hydrogens is 281 g/mol. The van der Waals surface area contributed by atoms with Gasteiger partial charge in [0, 0.05) is 5.69 Å². The Bertz CT molecular complexity index is 667. The van der Waals surface area contributed by atoms with Gasteiger partial charge in [-0.25, -0.2) is 12.8 Å². The van der Waals surface area contributed by atoms with Crippen LogP contribution in [0.2, 0.25) is 0 Å². The summed E-state index contributed by atoms with van der Waals surface area (Å²) in [5.74, 6) is 0.0417. The lowest BCUT2D eigenvalue weighted by Gasteiger charge is -2.08. The summed E-state index contributed by atoms with van der Waals surface area (Å²) >= 11 is 0. The van der Waals surface area contributed by atoms with Crippen LogP contribution >= 0.6 is 0 Å². The van der Waals surface area contributed by atoms with Crippen LogP contribution in [0.3, 0.4) is 0 Å². The molecule has 6 heteroatoms. The van der Waals surface area contributed by atoms with Gasteiger partial charge in [-0.05, 0) is 42.0 Å². The standard InChI is InChI=1S/C14H14FNO3S/c1-19-14-8-6-13(7-9-14)16-20(17,18)10-11-2-4-12(15)5-3-11/h2-9,16H,10H2,1H3. The van der Waals surface area contributed by atoms with Gasteiger partial charge >= 0.3 is 0 Å². The molecule has 0 aliphatic carbocycles. The number of nitrogens with one attached hydrogen (secondary N) is 1. The maximum absolute atomic E-state index is 12.8. The average Bonchev–Trinajstić information content (AvgIpc) is 2.41. The molecule has 4 nitrogen and oxygen atoms in total. The summed E-state index contributed by atoms with van der Waals surface area (Å²) in [7, 11) is -2.00. The Morgan fingerprint density at radius 2 is 1.65 bits per heavy atom. The maximum atomic E-state index is 12.8. The number of rotatable bonds is 5. The van der Waals surface area contributed by atoms with Gasteiger partial charge in [0.15, 0.2) is 0 Å². The van der Waals surface area contributed by atoms with Crippen molar-refractivity contribution in [2.75, 3.05) is 11.8 Å². The van der Waals surface area contributed by atoms with Gasteiger partial charge in [-0.15, -0.1) is 0 Å². The second-order valence-corrected chi connectivity index (χ2v) is 5.94. The molecule has 0 atom stereocenters. The van der Waals surface area contributed by atoms with Crippen LogP contribution in [0.25, 0.3) is 0 Å². The van der Waals surface area contributed by atoms with Crippen molar-refractivity contribution in [2.45, 2.75) is 5.75 Å².